The number of hydrogen-bond donors (Lipinski definition) is 2. The fourth-order valence-electron chi connectivity index (χ4n) is 1.52. The molecule has 60 valence electrons. The molecule has 0 aromatic heterocycles. The third-order valence-corrected chi connectivity index (χ3v) is 2.24. The zero-order chi connectivity index (χ0) is 7.40. The molecule has 2 heteroatoms. The van der Waals surface area contributed by atoms with Crippen LogP contribution in [0.2, 0.25) is 0 Å². The molecule has 0 spiro atoms. The first-order chi connectivity index (χ1) is 4.84. The molecule has 1 aliphatic heterocycles. The summed E-state index contributed by atoms with van der Waals surface area (Å²) in [7, 11) is 0. The van der Waals surface area contributed by atoms with E-state index in [1.807, 2.05) is 0 Å². The van der Waals surface area contributed by atoms with Gasteiger partial charge in [-0.1, -0.05) is 6.92 Å². The molecule has 0 bridgehead atoms. The summed E-state index contributed by atoms with van der Waals surface area (Å²) in [6.07, 6.45) is 4.30. The van der Waals surface area contributed by atoms with Crippen LogP contribution in [0.5, 0.6) is 0 Å². The lowest BCUT2D eigenvalue weighted by atomic mass is 10.1. The van der Waals surface area contributed by atoms with Gasteiger partial charge in [-0.25, -0.2) is 0 Å². The first-order valence-electron chi connectivity index (χ1n) is 4.26. The third-order valence-electron chi connectivity index (χ3n) is 2.24. The summed E-state index contributed by atoms with van der Waals surface area (Å²) >= 11 is 0. The maximum absolute atomic E-state index is 9.49. The molecule has 0 saturated carbocycles. The maximum Gasteiger partial charge on any atom is 0.0693 e. The summed E-state index contributed by atoms with van der Waals surface area (Å²) in [5, 5.41) is 12.8. The summed E-state index contributed by atoms with van der Waals surface area (Å²) in [5.41, 5.74) is 0. The van der Waals surface area contributed by atoms with Crippen molar-refractivity contribution < 1.29 is 5.11 Å². The van der Waals surface area contributed by atoms with Gasteiger partial charge >= 0.3 is 0 Å². The molecule has 2 unspecified atom stereocenters. The molecule has 1 aliphatic rings. The maximum atomic E-state index is 9.49. The monoisotopic (exact) mass is 143 g/mol. The number of hydrogen-bond acceptors (Lipinski definition) is 2. The molecular weight excluding hydrogens is 126 g/mol. The standard InChI is InChI=1S/C8H17NO/c1-2-7-8(10)5-3-4-6-9-7/h7-10H,2-6H2,1H3. The van der Waals surface area contributed by atoms with Gasteiger partial charge in [0.1, 0.15) is 0 Å². The van der Waals surface area contributed by atoms with Crippen molar-refractivity contribution in [1.82, 2.24) is 5.32 Å². The van der Waals surface area contributed by atoms with Crippen molar-refractivity contribution in [3.63, 3.8) is 0 Å². The van der Waals surface area contributed by atoms with E-state index >= 15 is 0 Å². The van der Waals surface area contributed by atoms with Crippen molar-refractivity contribution >= 4 is 0 Å². The van der Waals surface area contributed by atoms with E-state index in [1.165, 1.54) is 12.8 Å². The highest BCUT2D eigenvalue weighted by atomic mass is 16.3. The molecule has 2 atom stereocenters. The smallest absolute Gasteiger partial charge is 0.0693 e. The predicted octanol–water partition coefficient (Wildman–Crippen LogP) is 0.899. The fraction of sp³-hybridized carbons (Fsp3) is 1.00. The van der Waals surface area contributed by atoms with Crippen molar-refractivity contribution in [1.29, 1.82) is 0 Å². The predicted molar refractivity (Wildman–Crippen MR) is 41.9 cm³/mol. The van der Waals surface area contributed by atoms with Crippen LogP contribution < -0.4 is 5.32 Å². The quantitative estimate of drug-likeness (QED) is 0.571. The average Bonchev–Trinajstić information content (AvgIpc) is 2.13. The first-order valence-corrected chi connectivity index (χ1v) is 4.26. The van der Waals surface area contributed by atoms with E-state index in [2.05, 4.69) is 12.2 Å². The Morgan fingerprint density at radius 3 is 3.00 bits per heavy atom. The molecule has 1 rings (SSSR count). The van der Waals surface area contributed by atoms with Crippen LogP contribution in [0.15, 0.2) is 0 Å². The highest BCUT2D eigenvalue weighted by molar-refractivity contribution is 4.77. The molecule has 2 nitrogen and oxygen atoms in total. The normalized spacial score (nSPS) is 35.4. The van der Waals surface area contributed by atoms with Gasteiger partial charge in [0.15, 0.2) is 0 Å². The van der Waals surface area contributed by atoms with Crippen LogP contribution in [-0.4, -0.2) is 23.8 Å². The van der Waals surface area contributed by atoms with E-state index in [-0.39, 0.29) is 6.10 Å². The second kappa shape index (κ2) is 3.94. The lowest BCUT2D eigenvalue weighted by Crippen LogP contribution is -2.37. The van der Waals surface area contributed by atoms with Crippen LogP contribution >= 0.6 is 0 Å². The second-order valence-corrected chi connectivity index (χ2v) is 3.03. The highest BCUT2D eigenvalue weighted by Gasteiger charge is 2.18. The van der Waals surface area contributed by atoms with Crippen molar-refractivity contribution in [3.8, 4) is 0 Å². The van der Waals surface area contributed by atoms with Crippen LogP contribution in [0.4, 0.5) is 0 Å². The van der Waals surface area contributed by atoms with E-state index in [1.54, 1.807) is 0 Å². The molecule has 0 amide bonds. The van der Waals surface area contributed by atoms with Crippen LogP contribution in [0.1, 0.15) is 32.6 Å². The Hall–Kier alpha value is -0.0800. The molecule has 2 N–H and O–H groups in total. The SMILES string of the molecule is CCC1NCCCCC1O. The Morgan fingerprint density at radius 1 is 1.50 bits per heavy atom. The Balaban J connectivity index is 2.35. The van der Waals surface area contributed by atoms with E-state index in [9.17, 15) is 5.11 Å². The van der Waals surface area contributed by atoms with Gasteiger partial charge < -0.3 is 10.4 Å². The Kier molecular flexibility index (Phi) is 3.16. The lowest BCUT2D eigenvalue weighted by Gasteiger charge is -2.18. The van der Waals surface area contributed by atoms with Crippen molar-refractivity contribution in [2.24, 2.45) is 0 Å². The van der Waals surface area contributed by atoms with Crippen molar-refractivity contribution in [2.45, 2.75) is 44.8 Å². The molecule has 1 fully saturated rings. The van der Waals surface area contributed by atoms with E-state index < -0.39 is 0 Å². The van der Waals surface area contributed by atoms with Crippen LogP contribution in [0, 0.1) is 0 Å². The van der Waals surface area contributed by atoms with Gasteiger partial charge in [0, 0.05) is 6.04 Å². The fourth-order valence-corrected chi connectivity index (χ4v) is 1.52. The van der Waals surface area contributed by atoms with E-state index in [4.69, 9.17) is 0 Å². The number of aliphatic hydroxyl groups excluding tert-OH is 1. The van der Waals surface area contributed by atoms with Gasteiger partial charge in [0.25, 0.3) is 0 Å². The lowest BCUT2D eigenvalue weighted by molar-refractivity contribution is 0.124. The van der Waals surface area contributed by atoms with Gasteiger partial charge in [-0.3, -0.25) is 0 Å². The minimum Gasteiger partial charge on any atom is -0.392 e. The summed E-state index contributed by atoms with van der Waals surface area (Å²) in [5.74, 6) is 0. The Morgan fingerprint density at radius 2 is 2.30 bits per heavy atom. The zero-order valence-corrected chi connectivity index (χ0v) is 6.64. The number of nitrogens with one attached hydrogen (secondary N) is 1. The Labute approximate surface area is 62.6 Å². The van der Waals surface area contributed by atoms with Gasteiger partial charge in [0.05, 0.1) is 6.10 Å². The molecule has 1 heterocycles. The van der Waals surface area contributed by atoms with Gasteiger partial charge in [-0.05, 0) is 32.2 Å². The molecule has 0 aromatic carbocycles. The Bertz CT molecular complexity index is 95.3. The first kappa shape index (κ1) is 8.02. The summed E-state index contributed by atoms with van der Waals surface area (Å²) < 4.78 is 0. The summed E-state index contributed by atoms with van der Waals surface area (Å²) in [6, 6.07) is 0.350. The minimum absolute atomic E-state index is 0.104. The van der Waals surface area contributed by atoms with Crippen molar-refractivity contribution in [2.75, 3.05) is 6.54 Å². The highest BCUT2D eigenvalue weighted by Crippen LogP contribution is 2.11. The molecule has 0 aromatic rings. The van der Waals surface area contributed by atoms with Crippen molar-refractivity contribution in [3.05, 3.63) is 0 Å². The second-order valence-electron chi connectivity index (χ2n) is 3.03. The molecule has 1 saturated heterocycles. The molecule has 10 heavy (non-hydrogen) atoms. The van der Waals surface area contributed by atoms with E-state index in [0.717, 1.165) is 19.4 Å². The van der Waals surface area contributed by atoms with Gasteiger partial charge in [-0.15, -0.1) is 0 Å². The number of rotatable bonds is 1. The summed E-state index contributed by atoms with van der Waals surface area (Å²) in [4.78, 5) is 0. The third kappa shape index (κ3) is 1.96. The van der Waals surface area contributed by atoms with Crippen LogP contribution in [0.25, 0.3) is 0 Å². The van der Waals surface area contributed by atoms with Gasteiger partial charge in [0.2, 0.25) is 0 Å². The van der Waals surface area contributed by atoms with Crippen LogP contribution in [-0.2, 0) is 0 Å². The summed E-state index contributed by atoms with van der Waals surface area (Å²) in [6.45, 7) is 3.20. The molecular formula is C8H17NO. The number of aliphatic hydroxyl groups is 1. The van der Waals surface area contributed by atoms with Crippen LogP contribution in [0.3, 0.4) is 0 Å². The molecule has 0 aliphatic carbocycles. The largest absolute Gasteiger partial charge is 0.392 e. The topological polar surface area (TPSA) is 32.3 Å². The molecule has 0 radical (unpaired) electrons. The van der Waals surface area contributed by atoms with E-state index in [0.29, 0.717) is 6.04 Å². The zero-order valence-electron chi connectivity index (χ0n) is 6.64. The van der Waals surface area contributed by atoms with Gasteiger partial charge in [-0.2, -0.15) is 0 Å². The minimum atomic E-state index is -0.104. The average molecular weight is 143 g/mol.